The first-order valence-electron chi connectivity index (χ1n) is 7.05. The van der Waals surface area contributed by atoms with Crippen LogP contribution in [0.5, 0.6) is 0 Å². The summed E-state index contributed by atoms with van der Waals surface area (Å²) in [6.07, 6.45) is 5.11. The highest BCUT2D eigenvalue weighted by molar-refractivity contribution is 7.89. The lowest BCUT2D eigenvalue weighted by molar-refractivity contribution is 0.519. The van der Waals surface area contributed by atoms with Crippen molar-refractivity contribution in [2.75, 3.05) is 0 Å². The molecule has 1 aliphatic rings. The van der Waals surface area contributed by atoms with Gasteiger partial charge in [0.15, 0.2) is 4.90 Å². The van der Waals surface area contributed by atoms with Crippen molar-refractivity contribution in [1.82, 2.24) is 4.98 Å². The highest BCUT2D eigenvalue weighted by atomic mass is 32.2. The van der Waals surface area contributed by atoms with Crippen LogP contribution >= 0.6 is 23.6 Å². The van der Waals surface area contributed by atoms with Gasteiger partial charge >= 0.3 is 0 Å². The predicted molar refractivity (Wildman–Crippen MR) is 97.0 cm³/mol. The summed E-state index contributed by atoms with van der Waals surface area (Å²) in [6, 6.07) is 1.85. The molecule has 3 rings (SSSR count). The predicted octanol–water partition coefficient (Wildman–Crippen LogP) is 3.48. The molecule has 1 unspecified atom stereocenters. The standard InChI is InChI=1S/C16H12F2N2O2S3/c1-8-7-24-16(20-8)11-3-2-9(6-14(11)23)10-4-12(17)15(13(18)5-10)25(19,21)22/h2-7,11H,1H3,(H2,19,21,22). The summed E-state index contributed by atoms with van der Waals surface area (Å²) in [7, 11) is -4.49. The van der Waals surface area contributed by atoms with Crippen LogP contribution in [0.1, 0.15) is 22.2 Å². The second-order valence-corrected chi connectivity index (χ2v) is 8.34. The molecule has 0 radical (unpaired) electrons. The van der Waals surface area contributed by atoms with E-state index >= 15 is 0 Å². The molecular formula is C16H12F2N2O2S3. The van der Waals surface area contributed by atoms with Gasteiger partial charge in [-0.25, -0.2) is 27.3 Å². The highest BCUT2D eigenvalue weighted by Crippen LogP contribution is 2.32. The first kappa shape index (κ1) is 18.0. The minimum atomic E-state index is -4.49. The van der Waals surface area contributed by atoms with Gasteiger partial charge in [-0.15, -0.1) is 11.3 Å². The van der Waals surface area contributed by atoms with Crippen LogP contribution < -0.4 is 5.14 Å². The van der Waals surface area contributed by atoms with E-state index in [-0.39, 0.29) is 11.5 Å². The monoisotopic (exact) mass is 398 g/mol. The van der Waals surface area contributed by atoms with Gasteiger partial charge in [0.05, 0.1) is 5.92 Å². The van der Waals surface area contributed by atoms with Crippen molar-refractivity contribution in [3.05, 3.63) is 63.6 Å². The van der Waals surface area contributed by atoms with Crippen molar-refractivity contribution >= 4 is 44.0 Å². The number of allylic oxidation sites excluding steroid dienone is 4. The number of primary sulfonamides is 1. The third-order valence-corrected chi connectivity index (χ3v) is 5.97. The molecule has 2 aromatic rings. The lowest BCUT2D eigenvalue weighted by Gasteiger charge is -2.16. The first-order valence-corrected chi connectivity index (χ1v) is 9.88. The summed E-state index contributed by atoms with van der Waals surface area (Å²) < 4.78 is 50.5. The Kier molecular flexibility index (Phi) is 4.67. The van der Waals surface area contributed by atoms with Crippen LogP contribution in [-0.4, -0.2) is 18.3 Å². The van der Waals surface area contributed by atoms with Crippen LogP contribution in [-0.2, 0) is 10.0 Å². The molecule has 0 fully saturated rings. The van der Waals surface area contributed by atoms with Gasteiger partial charge in [-0.2, -0.15) is 0 Å². The molecule has 25 heavy (non-hydrogen) atoms. The Balaban J connectivity index is 1.97. The van der Waals surface area contributed by atoms with E-state index in [1.807, 2.05) is 12.3 Å². The molecule has 1 aliphatic carbocycles. The SMILES string of the molecule is Cc1csc(C2C=CC(c3cc(F)c(S(N)(=O)=O)c(F)c3)=CC2=S)n1. The molecule has 1 aromatic carbocycles. The number of thiazole rings is 1. The number of hydrogen-bond donors (Lipinski definition) is 1. The zero-order valence-electron chi connectivity index (χ0n) is 12.9. The largest absolute Gasteiger partial charge is 0.246 e. The summed E-state index contributed by atoms with van der Waals surface area (Å²) >= 11 is 6.87. The van der Waals surface area contributed by atoms with Crippen LogP contribution in [0.4, 0.5) is 8.78 Å². The number of benzene rings is 1. The number of halogens is 2. The minimum absolute atomic E-state index is 0.171. The Morgan fingerprint density at radius 2 is 1.92 bits per heavy atom. The van der Waals surface area contributed by atoms with E-state index in [0.29, 0.717) is 10.4 Å². The summed E-state index contributed by atoms with van der Waals surface area (Å²) in [4.78, 5) is 3.81. The highest BCUT2D eigenvalue weighted by Gasteiger charge is 2.24. The van der Waals surface area contributed by atoms with E-state index in [0.717, 1.165) is 22.8 Å². The number of nitrogens with two attached hydrogens (primary N) is 1. The van der Waals surface area contributed by atoms with Crippen LogP contribution in [0.3, 0.4) is 0 Å². The number of hydrogen-bond acceptors (Lipinski definition) is 5. The average Bonchev–Trinajstić information content (AvgIpc) is 2.91. The molecule has 0 saturated carbocycles. The smallest absolute Gasteiger partial charge is 0.243 e. The van der Waals surface area contributed by atoms with Crippen LogP contribution in [0.15, 0.2) is 40.6 Å². The molecule has 0 aliphatic heterocycles. The van der Waals surface area contributed by atoms with E-state index < -0.39 is 26.6 Å². The average molecular weight is 398 g/mol. The fourth-order valence-electron chi connectivity index (χ4n) is 2.48. The Morgan fingerprint density at radius 1 is 1.28 bits per heavy atom. The molecule has 0 spiro atoms. The Morgan fingerprint density at radius 3 is 2.40 bits per heavy atom. The fraction of sp³-hybridized carbons (Fsp3) is 0.125. The van der Waals surface area contributed by atoms with Crippen LogP contribution in [0.25, 0.3) is 5.57 Å². The number of aromatic nitrogens is 1. The van der Waals surface area contributed by atoms with Crippen LogP contribution in [0.2, 0.25) is 0 Å². The van der Waals surface area contributed by atoms with Gasteiger partial charge in [-0.1, -0.05) is 24.4 Å². The molecule has 2 N–H and O–H groups in total. The van der Waals surface area contributed by atoms with Crippen molar-refractivity contribution in [3.63, 3.8) is 0 Å². The first-order chi connectivity index (χ1) is 11.7. The second kappa shape index (κ2) is 6.49. The van der Waals surface area contributed by atoms with Gasteiger partial charge in [0.25, 0.3) is 0 Å². The molecule has 0 bridgehead atoms. The topological polar surface area (TPSA) is 73.1 Å². The maximum absolute atomic E-state index is 14.0. The molecule has 1 heterocycles. The third kappa shape index (κ3) is 3.59. The van der Waals surface area contributed by atoms with Gasteiger partial charge in [0.1, 0.15) is 16.6 Å². The minimum Gasteiger partial charge on any atom is -0.246 e. The zero-order valence-corrected chi connectivity index (χ0v) is 15.3. The van der Waals surface area contributed by atoms with E-state index in [1.165, 1.54) is 11.3 Å². The maximum atomic E-state index is 14.0. The number of aryl methyl sites for hydroxylation is 1. The quantitative estimate of drug-likeness (QED) is 0.804. The van der Waals surface area contributed by atoms with E-state index in [9.17, 15) is 17.2 Å². The normalized spacial score (nSPS) is 17.7. The molecule has 1 atom stereocenters. The maximum Gasteiger partial charge on any atom is 0.243 e. The Hall–Kier alpha value is -1.81. The summed E-state index contributed by atoms with van der Waals surface area (Å²) in [6.45, 7) is 1.88. The third-order valence-electron chi connectivity index (χ3n) is 3.59. The van der Waals surface area contributed by atoms with Crippen molar-refractivity contribution in [2.24, 2.45) is 5.14 Å². The van der Waals surface area contributed by atoms with Crippen molar-refractivity contribution < 1.29 is 17.2 Å². The lowest BCUT2D eigenvalue weighted by Crippen LogP contribution is -2.16. The fourth-order valence-corrected chi connectivity index (χ4v) is 4.43. The number of thiocarbonyl (C=S) groups is 1. The van der Waals surface area contributed by atoms with Gasteiger partial charge in [-0.05, 0) is 36.3 Å². The number of rotatable bonds is 3. The molecule has 0 amide bonds. The Bertz CT molecular complexity index is 1020. The lowest BCUT2D eigenvalue weighted by atomic mass is 9.93. The van der Waals surface area contributed by atoms with E-state index in [1.54, 1.807) is 18.2 Å². The van der Waals surface area contributed by atoms with Gasteiger partial charge in [0.2, 0.25) is 10.0 Å². The van der Waals surface area contributed by atoms with Crippen molar-refractivity contribution in [3.8, 4) is 0 Å². The van der Waals surface area contributed by atoms with Crippen molar-refractivity contribution in [1.29, 1.82) is 0 Å². The second-order valence-electron chi connectivity index (χ2n) is 5.48. The van der Waals surface area contributed by atoms with Crippen LogP contribution in [0, 0.1) is 18.6 Å². The van der Waals surface area contributed by atoms with Gasteiger partial charge in [-0.3, -0.25) is 0 Å². The molecule has 130 valence electrons. The summed E-state index contributed by atoms with van der Waals surface area (Å²) in [5.74, 6) is -2.65. The number of nitrogens with zero attached hydrogens (tertiary/aromatic N) is 1. The zero-order chi connectivity index (χ0) is 18.4. The van der Waals surface area contributed by atoms with E-state index in [4.69, 9.17) is 17.4 Å². The molecule has 9 heteroatoms. The van der Waals surface area contributed by atoms with Crippen molar-refractivity contribution in [2.45, 2.75) is 17.7 Å². The summed E-state index contributed by atoms with van der Waals surface area (Å²) in [5.41, 5.74) is 1.55. The van der Waals surface area contributed by atoms with E-state index in [2.05, 4.69) is 4.98 Å². The molecule has 0 saturated heterocycles. The Labute approximate surface area is 152 Å². The molecule has 1 aromatic heterocycles. The van der Waals surface area contributed by atoms with Gasteiger partial charge < -0.3 is 0 Å². The molecular weight excluding hydrogens is 386 g/mol. The summed E-state index contributed by atoms with van der Waals surface area (Å²) in [5, 5.41) is 7.59. The molecule has 4 nitrogen and oxygen atoms in total. The number of sulfonamides is 1. The van der Waals surface area contributed by atoms with Gasteiger partial charge in [0, 0.05) is 15.9 Å².